The number of carboxylic acids is 1. The fourth-order valence-electron chi connectivity index (χ4n) is 3.85. The summed E-state index contributed by atoms with van der Waals surface area (Å²) in [6.45, 7) is 5.95. The Morgan fingerprint density at radius 1 is 1.06 bits per heavy atom. The Kier molecular flexibility index (Phi) is 7.83. The van der Waals surface area contributed by atoms with Crippen LogP contribution in [0.4, 0.5) is 0 Å². The summed E-state index contributed by atoms with van der Waals surface area (Å²) in [5.74, 6) is -0.583. The van der Waals surface area contributed by atoms with Gasteiger partial charge in [0, 0.05) is 18.5 Å². The molecular weight excluding hydrogens is 406 g/mol. The highest BCUT2D eigenvalue weighted by Crippen LogP contribution is 2.26. The minimum atomic E-state index is -0.970. The van der Waals surface area contributed by atoms with E-state index in [1.54, 1.807) is 0 Å². The van der Waals surface area contributed by atoms with E-state index >= 15 is 0 Å². The van der Waals surface area contributed by atoms with Crippen molar-refractivity contribution in [2.75, 3.05) is 0 Å². The molecule has 2 aromatic carbocycles. The Labute approximate surface area is 188 Å². The summed E-state index contributed by atoms with van der Waals surface area (Å²) < 4.78 is 0. The first kappa shape index (κ1) is 23.3. The maximum Gasteiger partial charge on any atom is 0.326 e. The van der Waals surface area contributed by atoms with Crippen LogP contribution in [0.2, 0.25) is 0 Å². The molecule has 1 amide bonds. The highest BCUT2D eigenvalue weighted by atomic mass is 16.4. The van der Waals surface area contributed by atoms with Crippen molar-refractivity contribution in [3.8, 4) is 11.1 Å². The van der Waals surface area contributed by atoms with E-state index in [-0.39, 0.29) is 18.4 Å². The molecule has 0 spiro atoms. The number of carbonyl (C=O) groups is 2. The van der Waals surface area contributed by atoms with Crippen LogP contribution in [0, 0.1) is 5.92 Å². The molecule has 3 rings (SSSR count). The number of unbranched alkanes of at least 4 members (excludes halogenated alkanes) is 1. The van der Waals surface area contributed by atoms with E-state index in [2.05, 4.69) is 21.6 Å². The molecule has 1 aliphatic heterocycles. The fourth-order valence-corrected chi connectivity index (χ4v) is 3.85. The lowest BCUT2D eigenvalue weighted by molar-refractivity contribution is -0.153. The second-order valence-electron chi connectivity index (χ2n) is 8.22. The Morgan fingerprint density at radius 2 is 1.75 bits per heavy atom. The maximum atomic E-state index is 12.9. The van der Waals surface area contributed by atoms with Crippen molar-refractivity contribution in [1.29, 1.82) is 0 Å². The van der Waals surface area contributed by atoms with Gasteiger partial charge in [-0.1, -0.05) is 75.7 Å². The monoisotopic (exact) mass is 437 g/mol. The third kappa shape index (κ3) is 5.45. The number of rotatable bonds is 10. The van der Waals surface area contributed by atoms with Crippen molar-refractivity contribution in [2.24, 2.45) is 11.0 Å². The molecule has 1 heterocycles. The van der Waals surface area contributed by atoms with Crippen molar-refractivity contribution in [1.82, 2.24) is 21.4 Å². The van der Waals surface area contributed by atoms with Crippen molar-refractivity contribution in [2.45, 2.75) is 52.6 Å². The second-order valence-corrected chi connectivity index (χ2v) is 8.22. The number of nitrogens with one attached hydrogen (secondary N) is 3. The third-order valence-electron chi connectivity index (χ3n) is 5.49. The van der Waals surface area contributed by atoms with Gasteiger partial charge in [-0.3, -0.25) is 10.2 Å². The number of carbonyl (C=O) groups excluding carboxylic acids is 1. The molecule has 0 saturated carbocycles. The van der Waals surface area contributed by atoms with Gasteiger partial charge in [-0.25, -0.2) is 10.3 Å². The molecule has 0 saturated heterocycles. The Bertz CT molecular complexity index is 972. The van der Waals surface area contributed by atoms with Gasteiger partial charge in [0.05, 0.1) is 0 Å². The lowest BCUT2D eigenvalue weighted by atomic mass is 9.97. The number of hydrazone groups is 1. The lowest BCUT2D eigenvalue weighted by Crippen LogP contribution is -2.47. The zero-order chi connectivity index (χ0) is 23.1. The van der Waals surface area contributed by atoms with E-state index in [1.807, 2.05) is 69.3 Å². The number of nitrogens with zero attached hydrogens (tertiary/aromatic N) is 2. The summed E-state index contributed by atoms with van der Waals surface area (Å²) in [5, 5.41) is 14.0. The van der Waals surface area contributed by atoms with Gasteiger partial charge in [0.25, 0.3) is 0 Å². The molecule has 0 aliphatic carbocycles. The van der Waals surface area contributed by atoms with Gasteiger partial charge >= 0.3 is 5.97 Å². The standard InChI is InChI=1S/C24H31N5O3/c1-4-5-10-21(30)29(22(16(2)3)24(31)32)15-17-11-13-18(14-12-17)19-8-6-7-9-20(19)23-25-27-28-26-23/h6-9,11-14,16,22,27-28H,4-5,10,15H2,1-3H3,(H,25,26)(H,31,32)/t22-/m0/s1. The van der Waals surface area contributed by atoms with Gasteiger partial charge in [0.15, 0.2) is 5.84 Å². The van der Waals surface area contributed by atoms with Crippen LogP contribution in [-0.2, 0) is 16.1 Å². The molecule has 0 radical (unpaired) electrons. The first-order valence-electron chi connectivity index (χ1n) is 11.0. The lowest BCUT2D eigenvalue weighted by Gasteiger charge is -2.32. The van der Waals surface area contributed by atoms with Crippen molar-refractivity contribution in [3.05, 3.63) is 59.7 Å². The first-order valence-corrected chi connectivity index (χ1v) is 11.0. The van der Waals surface area contributed by atoms with E-state index in [1.165, 1.54) is 4.90 Å². The van der Waals surface area contributed by atoms with Gasteiger partial charge in [-0.2, -0.15) is 0 Å². The largest absolute Gasteiger partial charge is 0.480 e. The van der Waals surface area contributed by atoms with Gasteiger partial charge in [-0.05, 0) is 29.0 Å². The Hall–Kier alpha value is -3.39. The highest BCUT2D eigenvalue weighted by molar-refractivity contribution is 6.04. The summed E-state index contributed by atoms with van der Waals surface area (Å²) in [6, 6.07) is 15.0. The van der Waals surface area contributed by atoms with E-state index in [9.17, 15) is 14.7 Å². The maximum absolute atomic E-state index is 12.9. The van der Waals surface area contributed by atoms with Crippen LogP contribution < -0.4 is 16.5 Å². The highest BCUT2D eigenvalue weighted by Gasteiger charge is 2.32. The van der Waals surface area contributed by atoms with Crippen molar-refractivity contribution >= 4 is 17.7 Å². The molecule has 0 unspecified atom stereocenters. The number of hydrogen-bond donors (Lipinski definition) is 4. The number of amidine groups is 1. The summed E-state index contributed by atoms with van der Waals surface area (Å²) in [7, 11) is 0. The minimum absolute atomic E-state index is 0.118. The molecule has 0 bridgehead atoms. The number of aliphatic carboxylic acids is 1. The summed E-state index contributed by atoms with van der Waals surface area (Å²) in [5.41, 5.74) is 12.2. The zero-order valence-corrected chi connectivity index (χ0v) is 18.8. The number of carboxylic acid groups (broad SMARTS) is 1. The zero-order valence-electron chi connectivity index (χ0n) is 18.8. The molecule has 32 heavy (non-hydrogen) atoms. The average Bonchev–Trinajstić information content (AvgIpc) is 3.32. The number of amides is 1. The molecule has 2 aromatic rings. The quantitative estimate of drug-likeness (QED) is 0.455. The molecule has 0 aromatic heterocycles. The molecule has 8 heteroatoms. The van der Waals surface area contributed by atoms with Crippen LogP contribution in [-0.4, -0.2) is 33.8 Å². The van der Waals surface area contributed by atoms with Crippen LogP contribution in [0.5, 0.6) is 0 Å². The van der Waals surface area contributed by atoms with Crippen LogP contribution in [0.1, 0.15) is 51.2 Å². The van der Waals surface area contributed by atoms with E-state index < -0.39 is 12.0 Å². The average molecular weight is 438 g/mol. The predicted molar refractivity (Wildman–Crippen MR) is 124 cm³/mol. The normalized spacial score (nSPS) is 13.8. The van der Waals surface area contributed by atoms with Crippen LogP contribution >= 0.6 is 0 Å². The smallest absolute Gasteiger partial charge is 0.326 e. The van der Waals surface area contributed by atoms with E-state index in [0.717, 1.165) is 35.1 Å². The van der Waals surface area contributed by atoms with Gasteiger partial charge in [-0.15, -0.1) is 10.6 Å². The second kappa shape index (κ2) is 10.8. The topological polar surface area (TPSA) is 106 Å². The summed E-state index contributed by atoms with van der Waals surface area (Å²) >= 11 is 0. The van der Waals surface area contributed by atoms with Gasteiger partial charge in [0.1, 0.15) is 6.04 Å². The van der Waals surface area contributed by atoms with E-state index in [4.69, 9.17) is 0 Å². The molecule has 1 atom stereocenters. The number of hydrogen-bond acceptors (Lipinski definition) is 6. The first-order chi connectivity index (χ1) is 15.4. The molecule has 0 fully saturated rings. The summed E-state index contributed by atoms with van der Waals surface area (Å²) in [4.78, 5) is 26.3. The van der Waals surface area contributed by atoms with Crippen LogP contribution in [0.15, 0.2) is 53.6 Å². The molecule has 1 aliphatic rings. The molecule has 170 valence electrons. The number of benzene rings is 2. The van der Waals surface area contributed by atoms with Crippen molar-refractivity contribution < 1.29 is 14.7 Å². The summed E-state index contributed by atoms with van der Waals surface area (Å²) in [6.07, 6.45) is 1.99. The molecular formula is C24H31N5O3. The fraction of sp³-hybridized carbons (Fsp3) is 0.375. The van der Waals surface area contributed by atoms with E-state index in [0.29, 0.717) is 12.3 Å². The predicted octanol–water partition coefficient (Wildman–Crippen LogP) is 3.26. The van der Waals surface area contributed by atoms with Gasteiger partial charge in [0.2, 0.25) is 5.91 Å². The van der Waals surface area contributed by atoms with Crippen molar-refractivity contribution in [3.63, 3.8) is 0 Å². The SMILES string of the molecule is CCCCC(=O)N(Cc1ccc(-c2ccccc2C2=NNNN2)cc1)[C@H](C(=O)O)C(C)C. The van der Waals surface area contributed by atoms with Crippen LogP contribution in [0.25, 0.3) is 11.1 Å². The minimum Gasteiger partial charge on any atom is -0.480 e. The Morgan fingerprint density at radius 3 is 2.31 bits per heavy atom. The van der Waals surface area contributed by atoms with Gasteiger partial charge < -0.3 is 10.0 Å². The third-order valence-corrected chi connectivity index (χ3v) is 5.49. The van der Waals surface area contributed by atoms with Crippen LogP contribution in [0.3, 0.4) is 0 Å². The molecule has 4 N–H and O–H groups in total. The Balaban J connectivity index is 1.85. The molecule has 8 nitrogen and oxygen atoms in total. The number of hydrazine groups is 2.